The van der Waals surface area contributed by atoms with Gasteiger partial charge in [-0.3, -0.25) is 14.9 Å². The molecule has 1 fully saturated rings. The van der Waals surface area contributed by atoms with Gasteiger partial charge in [0.15, 0.2) is 0 Å². The minimum absolute atomic E-state index is 0.238. The number of ether oxygens (including phenoxy) is 3. The summed E-state index contributed by atoms with van der Waals surface area (Å²) in [6, 6.07) is 7.40. The number of halogens is 1. The van der Waals surface area contributed by atoms with E-state index in [1.54, 1.807) is 24.3 Å². The predicted molar refractivity (Wildman–Crippen MR) is 163 cm³/mol. The average molecular weight is 595 g/mol. The highest BCUT2D eigenvalue weighted by Gasteiger charge is 2.36. The molecule has 0 saturated carbocycles. The molecule has 2 aliphatic rings. The number of carbonyl (C=O) groups excluding carboxylic acids is 2. The van der Waals surface area contributed by atoms with Crippen LogP contribution in [0.2, 0.25) is 0 Å². The molecule has 0 bridgehead atoms. The quantitative estimate of drug-likeness (QED) is 0.211. The molecule has 7 nitrogen and oxygen atoms in total. The summed E-state index contributed by atoms with van der Waals surface area (Å²) < 4.78 is 32.9. The van der Waals surface area contributed by atoms with Crippen molar-refractivity contribution in [3.8, 4) is 23.3 Å². The number of hydrogen-bond acceptors (Lipinski definition) is 7. The molecule has 0 aromatic heterocycles. The number of alkyl halides is 1. The standard InChI is InChI=1S/C33H39FN2O5S/c1-20-21(2)29-25(22(3)28(20)39-14-8-7-12-32(4,5)18-35)11-13-33(6,41-29)19-40-26-10-9-23(15-24(26)17-34)16-27-30(37)36-31(38)42-27/h9-10,15-16H,7-8,11-14,17,19H2,1-6H3,(H,36,37,38)/b27-16+. The van der Waals surface area contributed by atoms with Crippen LogP contribution in [0, 0.1) is 37.5 Å². The van der Waals surface area contributed by atoms with E-state index in [9.17, 15) is 19.2 Å². The Morgan fingerprint density at radius 3 is 2.60 bits per heavy atom. The molecule has 0 aliphatic carbocycles. The van der Waals surface area contributed by atoms with Crippen LogP contribution >= 0.6 is 11.8 Å². The molecule has 1 N–H and O–H groups in total. The van der Waals surface area contributed by atoms with E-state index in [1.165, 1.54) is 0 Å². The molecule has 4 rings (SSSR count). The fourth-order valence-corrected chi connectivity index (χ4v) is 5.92. The Balaban J connectivity index is 1.42. The van der Waals surface area contributed by atoms with Crippen molar-refractivity contribution in [3.05, 3.63) is 56.5 Å². The van der Waals surface area contributed by atoms with Crippen molar-refractivity contribution in [1.29, 1.82) is 5.26 Å². The molecule has 1 unspecified atom stereocenters. The van der Waals surface area contributed by atoms with Gasteiger partial charge in [-0.1, -0.05) is 6.07 Å². The van der Waals surface area contributed by atoms with Gasteiger partial charge in [0.05, 0.1) is 23.0 Å². The highest BCUT2D eigenvalue weighted by Crippen LogP contribution is 2.44. The van der Waals surface area contributed by atoms with Crippen LogP contribution in [0.5, 0.6) is 17.2 Å². The first kappa shape index (κ1) is 31.4. The van der Waals surface area contributed by atoms with Crippen molar-refractivity contribution in [2.75, 3.05) is 13.2 Å². The zero-order chi connectivity index (χ0) is 30.7. The number of imide groups is 1. The highest BCUT2D eigenvalue weighted by molar-refractivity contribution is 8.18. The lowest BCUT2D eigenvalue weighted by molar-refractivity contribution is -0.115. The summed E-state index contributed by atoms with van der Waals surface area (Å²) in [7, 11) is 0. The number of nitriles is 1. The van der Waals surface area contributed by atoms with Crippen molar-refractivity contribution < 1.29 is 28.2 Å². The third-order valence-corrected chi connectivity index (χ3v) is 8.82. The van der Waals surface area contributed by atoms with E-state index in [0.717, 1.165) is 77.6 Å². The van der Waals surface area contributed by atoms with Gasteiger partial charge in [0.25, 0.3) is 11.1 Å². The number of nitrogens with one attached hydrogen (secondary N) is 1. The molecular formula is C33H39FN2O5S. The molecule has 0 spiro atoms. The van der Waals surface area contributed by atoms with Gasteiger partial charge in [0, 0.05) is 11.1 Å². The lowest BCUT2D eigenvalue weighted by Crippen LogP contribution is -2.42. The monoisotopic (exact) mass is 594 g/mol. The second-order valence-electron chi connectivity index (χ2n) is 12.0. The van der Waals surface area contributed by atoms with Gasteiger partial charge in [0.2, 0.25) is 0 Å². The molecule has 2 heterocycles. The smallest absolute Gasteiger partial charge is 0.290 e. The first-order valence-corrected chi connectivity index (χ1v) is 15.1. The van der Waals surface area contributed by atoms with Crippen molar-refractivity contribution in [2.45, 2.75) is 85.9 Å². The second-order valence-corrected chi connectivity index (χ2v) is 13.0. The Hall–Kier alpha value is -3.51. The number of fused-ring (bicyclic) bond motifs is 1. The van der Waals surface area contributed by atoms with Gasteiger partial charge in [0.1, 0.15) is 36.1 Å². The van der Waals surface area contributed by atoms with Gasteiger partial charge >= 0.3 is 0 Å². The molecule has 2 aromatic rings. The summed E-state index contributed by atoms with van der Waals surface area (Å²) >= 11 is 0.822. The lowest BCUT2D eigenvalue weighted by atomic mass is 9.87. The lowest BCUT2D eigenvalue weighted by Gasteiger charge is -2.38. The molecular weight excluding hydrogens is 555 g/mol. The minimum Gasteiger partial charge on any atom is -0.493 e. The van der Waals surface area contributed by atoms with E-state index in [0.29, 0.717) is 23.5 Å². The zero-order valence-electron chi connectivity index (χ0n) is 25.2. The van der Waals surface area contributed by atoms with E-state index in [1.807, 2.05) is 27.7 Å². The first-order chi connectivity index (χ1) is 19.9. The van der Waals surface area contributed by atoms with E-state index in [4.69, 9.17) is 14.2 Å². The van der Waals surface area contributed by atoms with Crippen molar-refractivity contribution >= 4 is 29.0 Å². The van der Waals surface area contributed by atoms with Gasteiger partial charge in [-0.05, 0) is 126 Å². The number of unbranched alkanes of at least 4 members (excludes halogenated alkanes) is 1. The van der Waals surface area contributed by atoms with Crippen LogP contribution in [0.3, 0.4) is 0 Å². The van der Waals surface area contributed by atoms with Crippen LogP contribution in [-0.4, -0.2) is 30.0 Å². The van der Waals surface area contributed by atoms with Gasteiger partial charge in [-0.15, -0.1) is 0 Å². The Morgan fingerprint density at radius 2 is 1.93 bits per heavy atom. The number of rotatable bonds is 11. The summed E-state index contributed by atoms with van der Waals surface area (Å²) in [6.45, 7) is 12.2. The molecule has 2 aliphatic heterocycles. The van der Waals surface area contributed by atoms with Gasteiger partial charge in [-0.25, -0.2) is 4.39 Å². The van der Waals surface area contributed by atoms with Crippen LogP contribution in [0.15, 0.2) is 23.1 Å². The van der Waals surface area contributed by atoms with Crippen molar-refractivity contribution in [3.63, 3.8) is 0 Å². The third kappa shape index (κ3) is 7.09. The third-order valence-electron chi connectivity index (χ3n) is 8.01. The number of carbonyl (C=O) groups is 2. The van der Waals surface area contributed by atoms with Gasteiger partial charge < -0.3 is 14.2 Å². The molecule has 42 heavy (non-hydrogen) atoms. The average Bonchev–Trinajstić information content (AvgIpc) is 3.28. The van der Waals surface area contributed by atoms with E-state index < -0.39 is 23.4 Å². The SMILES string of the molecule is Cc1c(C)c2c(c(C)c1OCCCCC(C)(C)C#N)CCC(C)(COc1ccc(/C=C3/SC(=O)NC3=O)cc1CF)O2. The summed E-state index contributed by atoms with van der Waals surface area (Å²) in [5.74, 6) is 1.74. The molecule has 0 radical (unpaired) electrons. The minimum atomic E-state index is -0.735. The fourth-order valence-electron chi connectivity index (χ4n) is 5.24. The van der Waals surface area contributed by atoms with Crippen LogP contribution in [0.25, 0.3) is 6.08 Å². The van der Waals surface area contributed by atoms with Crippen LogP contribution < -0.4 is 19.5 Å². The molecule has 2 aromatic carbocycles. The summed E-state index contributed by atoms with van der Waals surface area (Å²) in [5, 5.41) is 11.0. The number of nitrogens with zero attached hydrogens (tertiary/aromatic N) is 1. The number of thioether (sulfide) groups is 1. The van der Waals surface area contributed by atoms with Crippen LogP contribution in [0.1, 0.15) is 79.8 Å². The second kappa shape index (κ2) is 12.8. The molecule has 2 amide bonds. The first-order valence-electron chi connectivity index (χ1n) is 14.3. The summed E-state index contributed by atoms with van der Waals surface area (Å²) in [6.07, 6.45) is 5.76. The highest BCUT2D eigenvalue weighted by atomic mass is 32.2. The van der Waals surface area contributed by atoms with Crippen LogP contribution in [-0.2, 0) is 17.9 Å². The molecule has 1 saturated heterocycles. The Morgan fingerprint density at radius 1 is 1.17 bits per heavy atom. The Kier molecular flexibility index (Phi) is 9.56. The molecule has 1 atom stereocenters. The summed E-state index contributed by atoms with van der Waals surface area (Å²) in [5.41, 5.74) is 4.37. The van der Waals surface area contributed by atoms with Crippen LogP contribution in [0.4, 0.5) is 9.18 Å². The largest absolute Gasteiger partial charge is 0.493 e. The maximum Gasteiger partial charge on any atom is 0.290 e. The van der Waals surface area contributed by atoms with Crippen molar-refractivity contribution in [1.82, 2.24) is 5.32 Å². The van der Waals surface area contributed by atoms with Gasteiger partial charge in [-0.2, -0.15) is 5.26 Å². The Labute approximate surface area is 251 Å². The Bertz CT molecular complexity index is 1460. The topological polar surface area (TPSA) is 97.6 Å². The maximum atomic E-state index is 14.0. The molecule has 224 valence electrons. The fraction of sp³-hybridized carbons (Fsp3) is 0.485. The van der Waals surface area contributed by atoms with E-state index >= 15 is 0 Å². The van der Waals surface area contributed by atoms with E-state index in [-0.39, 0.29) is 16.9 Å². The maximum absolute atomic E-state index is 14.0. The number of hydrogen-bond donors (Lipinski definition) is 1. The number of amides is 2. The number of benzene rings is 2. The predicted octanol–water partition coefficient (Wildman–Crippen LogP) is 7.67. The normalized spacial score (nSPS) is 19.2. The zero-order valence-corrected chi connectivity index (χ0v) is 26.1. The summed E-state index contributed by atoms with van der Waals surface area (Å²) in [4.78, 5) is 23.6. The van der Waals surface area contributed by atoms with E-state index in [2.05, 4.69) is 25.2 Å². The van der Waals surface area contributed by atoms with Crippen molar-refractivity contribution in [2.24, 2.45) is 5.41 Å². The molecule has 9 heteroatoms.